The van der Waals surface area contributed by atoms with E-state index in [1.165, 1.54) is 45.2 Å². The van der Waals surface area contributed by atoms with E-state index in [1.54, 1.807) is 0 Å². The highest BCUT2D eigenvalue weighted by atomic mass is 32.1. The molecule has 1 aliphatic heterocycles. The van der Waals surface area contributed by atoms with Gasteiger partial charge in [-0.3, -0.25) is 4.90 Å². The molecule has 1 unspecified atom stereocenters. The zero-order valence-corrected chi connectivity index (χ0v) is 10.7. The predicted octanol–water partition coefficient (Wildman–Crippen LogP) is 2.71. The van der Waals surface area contributed by atoms with Crippen LogP contribution in [0, 0.1) is 0 Å². The average molecular weight is 228 g/mol. The summed E-state index contributed by atoms with van der Waals surface area (Å²) in [4.78, 5) is 3.27. The Balaban J connectivity index is 2.44. The molecular formula is C12H24N2S. The van der Waals surface area contributed by atoms with Crippen molar-refractivity contribution in [1.82, 2.24) is 4.90 Å². The highest BCUT2D eigenvalue weighted by Gasteiger charge is 2.17. The van der Waals surface area contributed by atoms with Gasteiger partial charge in [0.15, 0.2) is 0 Å². The van der Waals surface area contributed by atoms with Crippen LogP contribution in [0.25, 0.3) is 0 Å². The highest BCUT2D eigenvalue weighted by Crippen LogP contribution is 2.16. The van der Waals surface area contributed by atoms with Crippen molar-refractivity contribution in [1.29, 1.82) is 0 Å². The lowest BCUT2D eigenvalue weighted by Gasteiger charge is -2.32. The summed E-state index contributed by atoms with van der Waals surface area (Å²) in [6, 6.07) is 0.584. The second-order valence-electron chi connectivity index (χ2n) is 4.54. The van der Waals surface area contributed by atoms with E-state index >= 15 is 0 Å². The molecule has 1 rings (SSSR count). The van der Waals surface area contributed by atoms with E-state index in [9.17, 15) is 0 Å². The van der Waals surface area contributed by atoms with Crippen molar-refractivity contribution in [2.24, 2.45) is 5.73 Å². The summed E-state index contributed by atoms with van der Waals surface area (Å²) in [5.41, 5.74) is 5.65. The Labute approximate surface area is 99.2 Å². The first-order valence-corrected chi connectivity index (χ1v) is 6.67. The predicted molar refractivity (Wildman–Crippen MR) is 70.1 cm³/mol. The third-order valence-corrected chi connectivity index (χ3v) is 3.48. The normalized spacial score (nSPS) is 21.7. The van der Waals surface area contributed by atoms with Crippen LogP contribution in [0.2, 0.25) is 0 Å². The molecule has 2 nitrogen and oxygen atoms in total. The summed E-state index contributed by atoms with van der Waals surface area (Å²) in [7, 11) is 0. The zero-order chi connectivity index (χ0) is 11.1. The van der Waals surface area contributed by atoms with Crippen molar-refractivity contribution in [3.8, 4) is 0 Å². The largest absolute Gasteiger partial charge is 0.393 e. The van der Waals surface area contributed by atoms with E-state index in [2.05, 4.69) is 11.8 Å². The van der Waals surface area contributed by atoms with Crippen LogP contribution in [-0.2, 0) is 0 Å². The molecule has 2 N–H and O–H groups in total. The lowest BCUT2D eigenvalue weighted by molar-refractivity contribution is 0.178. The molecule has 0 spiro atoms. The lowest BCUT2D eigenvalue weighted by Crippen LogP contribution is -2.39. The minimum absolute atomic E-state index is 0.584. The Hall–Kier alpha value is -0.150. The minimum atomic E-state index is 0.584. The Morgan fingerprint density at radius 1 is 1.20 bits per heavy atom. The summed E-state index contributed by atoms with van der Waals surface area (Å²) < 4.78 is 0. The fraction of sp³-hybridized carbons (Fsp3) is 0.917. The van der Waals surface area contributed by atoms with Crippen LogP contribution < -0.4 is 5.73 Å². The molecule has 1 aliphatic rings. The molecular weight excluding hydrogens is 204 g/mol. The molecule has 88 valence electrons. The van der Waals surface area contributed by atoms with Crippen LogP contribution in [0.5, 0.6) is 0 Å². The molecule has 0 radical (unpaired) electrons. The van der Waals surface area contributed by atoms with Gasteiger partial charge in [0.2, 0.25) is 0 Å². The molecule has 1 fully saturated rings. The van der Waals surface area contributed by atoms with E-state index in [0.29, 0.717) is 11.0 Å². The maximum Gasteiger partial charge on any atom is 0.0743 e. The van der Waals surface area contributed by atoms with Gasteiger partial charge in [-0.2, -0.15) is 0 Å². The first-order valence-electron chi connectivity index (χ1n) is 6.26. The Bertz CT molecular complexity index is 186. The maximum absolute atomic E-state index is 5.65. The molecule has 0 aliphatic carbocycles. The summed E-state index contributed by atoms with van der Waals surface area (Å²) in [5, 5.41) is 0. The van der Waals surface area contributed by atoms with Gasteiger partial charge in [-0.05, 0) is 32.4 Å². The highest BCUT2D eigenvalue weighted by molar-refractivity contribution is 7.80. The maximum atomic E-state index is 5.65. The summed E-state index contributed by atoms with van der Waals surface area (Å²) >= 11 is 5.02. The van der Waals surface area contributed by atoms with Crippen LogP contribution in [0.15, 0.2) is 0 Å². The summed E-state index contributed by atoms with van der Waals surface area (Å²) in [5.74, 6) is 0. The second-order valence-corrected chi connectivity index (χ2v) is 5.06. The Kier molecular flexibility index (Phi) is 6.18. The summed E-state index contributed by atoms with van der Waals surface area (Å²) in [6.45, 7) is 4.71. The van der Waals surface area contributed by atoms with Gasteiger partial charge in [-0.1, -0.05) is 38.4 Å². The van der Waals surface area contributed by atoms with Crippen LogP contribution in [0.3, 0.4) is 0 Å². The summed E-state index contributed by atoms with van der Waals surface area (Å²) in [6.07, 6.45) is 8.94. The standard InChI is InChI=1S/C12H24N2S/c1-2-11(10-12(13)15)14-8-6-4-3-5-7-9-14/h11H,2-10H2,1H3,(H2,13,15). The number of nitrogens with two attached hydrogens (primary N) is 1. The third-order valence-electron chi connectivity index (χ3n) is 3.32. The van der Waals surface area contributed by atoms with Gasteiger partial charge in [-0.25, -0.2) is 0 Å². The molecule has 1 heterocycles. The van der Waals surface area contributed by atoms with Crippen molar-refractivity contribution in [3.63, 3.8) is 0 Å². The molecule has 0 amide bonds. The smallest absolute Gasteiger partial charge is 0.0743 e. The molecule has 0 bridgehead atoms. The molecule has 0 aromatic rings. The first kappa shape index (κ1) is 12.9. The number of hydrogen-bond donors (Lipinski definition) is 1. The van der Waals surface area contributed by atoms with E-state index in [0.717, 1.165) is 12.8 Å². The van der Waals surface area contributed by atoms with Crippen LogP contribution in [0.1, 0.15) is 51.9 Å². The van der Waals surface area contributed by atoms with E-state index in [1.807, 2.05) is 0 Å². The van der Waals surface area contributed by atoms with Crippen LogP contribution in [-0.4, -0.2) is 29.0 Å². The first-order chi connectivity index (χ1) is 7.24. The minimum Gasteiger partial charge on any atom is -0.393 e. The fourth-order valence-corrected chi connectivity index (χ4v) is 2.59. The van der Waals surface area contributed by atoms with Gasteiger partial charge in [0.25, 0.3) is 0 Å². The van der Waals surface area contributed by atoms with Gasteiger partial charge in [0.1, 0.15) is 0 Å². The zero-order valence-electron chi connectivity index (χ0n) is 9.87. The third kappa shape index (κ3) is 4.94. The van der Waals surface area contributed by atoms with Crippen molar-refractivity contribution < 1.29 is 0 Å². The van der Waals surface area contributed by atoms with E-state index in [4.69, 9.17) is 18.0 Å². The van der Waals surface area contributed by atoms with Crippen LogP contribution in [0.4, 0.5) is 0 Å². The number of hydrogen-bond acceptors (Lipinski definition) is 2. The van der Waals surface area contributed by atoms with Gasteiger partial charge < -0.3 is 5.73 Å². The van der Waals surface area contributed by atoms with Crippen molar-refractivity contribution in [2.45, 2.75) is 57.9 Å². The lowest BCUT2D eigenvalue weighted by atomic mass is 10.0. The molecule has 3 heteroatoms. The molecule has 1 saturated heterocycles. The Morgan fingerprint density at radius 3 is 2.20 bits per heavy atom. The second kappa shape index (κ2) is 7.18. The fourth-order valence-electron chi connectivity index (χ4n) is 2.40. The molecule has 1 atom stereocenters. The monoisotopic (exact) mass is 228 g/mol. The van der Waals surface area contributed by atoms with Gasteiger partial charge in [0, 0.05) is 12.5 Å². The van der Waals surface area contributed by atoms with Gasteiger partial charge in [0.05, 0.1) is 4.99 Å². The van der Waals surface area contributed by atoms with Gasteiger partial charge >= 0.3 is 0 Å². The van der Waals surface area contributed by atoms with Gasteiger partial charge in [-0.15, -0.1) is 0 Å². The number of rotatable bonds is 4. The van der Waals surface area contributed by atoms with Crippen LogP contribution >= 0.6 is 12.2 Å². The molecule has 0 aromatic heterocycles. The SMILES string of the molecule is CCC(CC(N)=S)N1CCCCCCC1. The molecule has 0 saturated carbocycles. The quantitative estimate of drug-likeness (QED) is 0.750. The molecule has 0 aromatic carbocycles. The van der Waals surface area contributed by atoms with E-state index < -0.39 is 0 Å². The van der Waals surface area contributed by atoms with Crippen molar-refractivity contribution in [2.75, 3.05) is 13.1 Å². The Morgan fingerprint density at radius 2 is 1.73 bits per heavy atom. The van der Waals surface area contributed by atoms with Crippen molar-refractivity contribution >= 4 is 17.2 Å². The number of nitrogens with zero attached hydrogens (tertiary/aromatic N) is 1. The van der Waals surface area contributed by atoms with E-state index in [-0.39, 0.29) is 0 Å². The average Bonchev–Trinajstić information content (AvgIpc) is 2.14. The van der Waals surface area contributed by atoms with Crippen molar-refractivity contribution in [3.05, 3.63) is 0 Å². The number of thiocarbonyl (C=S) groups is 1. The number of likely N-dealkylation sites (tertiary alicyclic amines) is 1. The topological polar surface area (TPSA) is 29.3 Å². The molecule has 15 heavy (non-hydrogen) atoms.